The summed E-state index contributed by atoms with van der Waals surface area (Å²) in [6, 6.07) is 0. The number of aliphatic hydroxyl groups excluding tert-OH is 4. The van der Waals surface area contributed by atoms with Crippen LogP contribution in [0.1, 0.15) is 206 Å². The van der Waals surface area contributed by atoms with Gasteiger partial charge in [-0.15, -0.1) is 0 Å². The van der Waals surface area contributed by atoms with Gasteiger partial charge in [0.2, 0.25) is 0 Å². The SMILES string of the molecule is CC/C=C\C/C=C\C/C=C\C/C=C\C/C=C\CCCC(=O)OC(COC(=O)CCCCCCCCCCCCC/C=C\CCCCCCCCCC)COC1OC(CO)C(O)C(O)C1O. The largest absolute Gasteiger partial charge is 0.462 e. The second-order valence-electron chi connectivity index (χ2n) is 17.6. The van der Waals surface area contributed by atoms with Crippen molar-refractivity contribution in [2.45, 2.75) is 243 Å². The summed E-state index contributed by atoms with van der Waals surface area (Å²) in [4.78, 5) is 25.4. The molecule has 1 heterocycles. The number of rotatable bonds is 43. The predicted octanol–water partition coefficient (Wildman–Crippen LogP) is 12.3. The summed E-state index contributed by atoms with van der Waals surface area (Å²) >= 11 is 0. The zero-order valence-corrected chi connectivity index (χ0v) is 41.0. The third-order valence-electron chi connectivity index (χ3n) is 11.6. The van der Waals surface area contributed by atoms with Crippen molar-refractivity contribution in [3.63, 3.8) is 0 Å². The molecule has 374 valence electrons. The van der Waals surface area contributed by atoms with E-state index in [9.17, 15) is 30.0 Å². The molecule has 1 aliphatic heterocycles. The predicted molar refractivity (Wildman–Crippen MR) is 265 cm³/mol. The van der Waals surface area contributed by atoms with Gasteiger partial charge in [-0.2, -0.15) is 0 Å². The molecular weight excluding hydrogens is 821 g/mol. The molecule has 1 saturated heterocycles. The van der Waals surface area contributed by atoms with Gasteiger partial charge >= 0.3 is 11.9 Å². The standard InChI is InChI=1S/C55H94O10/c1-3-5-7-9-11-13-15-17-19-21-22-23-24-25-26-28-29-31-33-35-37-39-41-43-50(57)62-46-48(47-63-55-54(61)53(60)52(59)49(45-56)65-55)64-51(58)44-42-40-38-36-34-32-30-27-20-18-16-14-12-10-8-6-4-2/h6,8,12,14,18,20-22,30,32,36,38,48-49,52-56,59-61H,3-5,7,9-11,13,15-17,19,23-29,31,33-35,37,39-47H2,1-2H3/b8-6-,14-12-,20-18-,22-21-,32-30-,38-36-. The Hall–Kier alpha value is -2.86. The van der Waals surface area contributed by atoms with E-state index in [4.69, 9.17) is 18.9 Å². The van der Waals surface area contributed by atoms with Crippen molar-refractivity contribution in [1.82, 2.24) is 0 Å². The summed E-state index contributed by atoms with van der Waals surface area (Å²) in [6.07, 6.45) is 50.7. The summed E-state index contributed by atoms with van der Waals surface area (Å²) < 4.78 is 22.2. The Bertz CT molecular complexity index is 1290. The van der Waals surface area contributed by atoms with E-state index < -0.39 is 55.4 Å². The summed E-state index contributed by atoms with van der Waals surface area (Å²) in [7, 11) is 0. The summed E-state index contributed by atoms with van der Waals surface area (Å²) in [5.74, 6) is -0.876. The van der Waals surface area contributed by atoms with Crippen molar-refractivity contribution in [3.05, 3.63) is 72.9 Å². The van der Waals surface area contributed by atoms with Gasteiger partial charge in [-0.3, -0.25) is 9.59 Å². The fourth-order valence-electron chi connectivity index (χ4n) is 7.51. The Morgan fingerprint density at radius 2 is 0.923 bits per heavy atom. The molecule has 1 aliphatic rings. The van der Waals surface area contributed by atoms with Crippen LogP contribution in [0.5, 0.6) is 0 Å². The van der Waals surface area contributed by atoms with Crippen LogP contribution in [-0.4, -0.2) is 89.0 Å². The van der Waals surface area contributed by atoms with E-state index in [1.165, 1.54) is 109 Å². The number of allylic oxidation sites excluding steroid dienone is 12. The lowest BCUT2D eigenvalue weighted by Gasteiger charge is -2.39. The molecule has 0 radical (unpaired) electrons. The minimum absolute atomic E-state index is 0.149. The quantitative estimate of drug-likeness (QED) is 0.0264. The van der Waals surface area contributed by atoms with E-state index in [2.05, 4.69) is 80.7 Å². The van der Waals surface area contributed by atoms with Crippen LogP contribution in [0.4, 0.5) is 0 Å². The highest BCUT2D eigenvalue weighted by atomic mass is 16.7. The second-order valence-corrected chi connectivity index (χ2v) is 17.6. The summed E-state index contributed by atoms with van der Waals surface area (Å²) in [5.41, 5.74) is 0. The highest BCUT2D eigenvalue weighted by molar-refractivity contribution is 5.70. The zero-order valence-electron chi connectivity index (χ0n) is 41.0. The first-order valence-electron chi connectivity index (χ1n) is 26.0. The molecule has 0 spiro atoms. The number of ether oxygens (including phenoxy) is 4. The molecule has 6 atom stereocenters. The molecule has 1 rings (SSSR count). The first-order chi connectivity index (χ1) is 31.8. The molecule has 0 aromatic carbocycles. The van der Waals surface area contributed by atoms with Gasteiger partial charge in [0.1, 0.15) is 31.0 Å². The van der Waals surface area contributed by atoms with E-state index in [1.54, 1.807) is 0 Å². The molecule has 0 aromatic rings. The summed E-state index contributed by atoms with van der Waals surface area (Å²) in [5, 5.41) is 40.2. The van der Waals surface area contributed by atoms with Crippen molar-refractivity contribution in [2.24, 2.45) is 0 Å². The molecule has 6 unspecified atom stereocenters. The Morgan fingerprint density at radius 3 is 1.43 bits per heavy atom. The van der Waals surface area contributed by atoms with Crippen LogP contribution in [0.15, 0.2) is 72.9 Å². The smallest absolute Gasteiger partial charge is 0.306 e. The maximum atomic E-state index is 12.8. The van der Waals surface area contributed by atoms with Gasteiger partial charge in [0.05, 0.1) is 13.2 Å². The van der Waals surface area contributed by atoms with Crippen molar-refractivity contribution >= 4 is 11.9 Å². The molecule has 10 heteroatoms. The Morgan fingerprint density at radius 1 is 0.492 bits per heavy atom. The third kappa shape index (κ3) is 35.9. The molecule has 0 saturated carbocycles. The van der Waals surface area contributed by atoms with Crippen LogP contribution in [0.3, 0.4) is 0 Å². The van der Waals surface area contributed by atoms with Crippen molar-refractivity contribution in [1.29, 1.82) is 0 Å². The molecule has 0 bridgehead atoms. The maximum absolute atomic E-state index is 12.8. The molecule has 0 aliphatic carbocycles. The molecule has 1 fully saturated rings. The Balaban J connectivity index is 2.27. The maximum Gasteiger partial charge on any atom is 0.306 e. The van der Waals surface area contributed by atoms with Crippen molar-refractivity contribution in [3.8, 4) is 0 Å². The number of carbonyl (C=O) groups excluding carboxylic acids is 2. The highest BCUT2D eigenvalue weighted by Gasteiger charge is 2.44. The van der Waals surface area contributed by atoms with Crippen LogP contribution in [0.25, 0.3) is 0 Å². The first-order valence-corrected chi connectivity index (χ1v) is 26.0. The van der Waals surface area contributed by atoms with Gasteiger partial charge < -0.3 is 39.4 Å². The molecule has 10 nitrogen and oxygen atoms in total. The van der Waals surface area contributed by atoms with E-state index in [0.29, 0.717) is 19.3 Å². The monoisotopic (exact) mass is 915 g/mol. The molecule has 65 heavy (non-hydrogen) atoms. The zero-order chi connectivity index (χ0) is 47.3. The minimum Gasteiger partial charge on any atom is -0.462 e. The van der Waals surface area contributed by atoms with E-state index in [-0.39, 0.29) is 26.1 Å². The fourth-order valence-corrected chi connectivity index (χ4v) is 7.51. The van der Waals surface area contributed by atoms with Gasteiger partial charge in [-0.1, -0.05) is 189 Å². The Kier molecular flexibility index (Phi) is 41.6. The van der Waals surface area contributed by atoms with Crippen LogP contribution in [0, 0.1) is 0 Å². The van der Waals surface area contributed by atoms with E-state index >= 15 is 0 Å². The van der Waals surface area contributed by atoms with Gasteiger partial charge in [0.15, 0.2) is 12.4 Å². The average molecular weight is 915 g/mol. The lowest BCUT2D eigenvalue weighted by atomic mass is 9.99. The first kappa shape index (κ1) is 60.2. The van der Waals surface area contributed by atoms with Gasteiger partial charge in [0.25, 0.3) is 0 Å². The lowest BCUT2D eigenvalue weighted by Crippen LogP contribution is -2.59. The van der Waals surface area contributed by atoms with Crippen LogP contribution in [0.2, 0.25) is 0 Å². The van der Waals surface area contributed by atoms with Crippen LogP contribution in [-0.2, 0) is 28.5 Å². The number of esters is 2. The molecular formula is C55H94O10. The number of carbonyl (C=O) groups is 2. The van der Waals surface area contributed by atoms with Gasteiger partial charge in [-0.25, -0.2) is 0 Å². The summed E-state index contributed by atoms with van der Waals surface area (Å²) in [6.45, 7) is 3.26. The number of hydrogen-bond donors (Lipinski definition) is 4. The van der Waals surface area contributed by atoms with Crippen LogP contribution >= 0.6 is 0 Å². The van der Waals surface area contributed by atoms with E-state index in [1.807, 2.05) is 6.08 Å². The van der Waals surface area contributed by atoms with E-state index in [0.717, 1.165) is 51.4 Å². The highest BCUT2D eigenvalue weighted by Crippen LogP contribution is 2.23. The minimum atomic E-state index is -1.61. The molecule has 0 amide bonds. The normalized spacial score (nSPS) is 19.9. The molecule has 4 N–H and O–H groups in total. The number of unbranched alkanes of at least 4 members (excludes halogenated alkanes) is 20. The van der Waals surface area contributed by atoms with Gasteiger partial charge in [-0.05, 0) is 77.0 Å². The topological polar surface area (TPSA) is 152 Å². The third-order valence-corrected chi connectivity index (χ3v) is 11.6. The Labute approximate surface area is 395 Å². The molecule has 0 aromatic heterocycles. The number of aliphatic hydroxyl groups is 4. The van der Waals surface area contributed by atoms with Crippen molar-refractivity contribution < 1.29 is 49.0 Å². The van der Waals surface area contributed by atoms with Crippen LogP contribution < -0.4 is 0 Å². The van der Waals surface area contributed by atoms with Gasteiger partial charge in [0, 0.05) is 12.8 Å². The second kappa shape index (κ2) is 44.9. The lowest BCUT2D eigenvalue weighted by molar-refractivity contribution is -0.305. The van der Waals surface area contributed by atoms with Crippen molar-refractivity contribution in [2.75, 3.05) is 19.8 Å². The fraction of sp³-hybridized carbons (Fsp3) is 0.745. The average Bonchev–Trinajstić information content (AvgIpc) is 3.30. The number of hydrogen-bond acceptors (Lipinski definition) is 10.